The van der Waals surface area contributed by atoms with Crippen LogP contribution in [0.25, 0.3) is 0 Å². The molecule has 0 aromatic heterocycles. The Bertz CT molecular complexity index is 794. The van der Waals surface area contributed by atoms with Crippen molar-refractivity contribution in [1.29, 1.82) is 0 Å². The Hall–Kier alpha value is -2.60. The van der Waals surface area contributed by atoms with E-state index in [-0.39, 0.29) is 17.9 Å². The van der Waals surface area contributed by atoms with Crippen LogP contribution in [-0.2, 0) is 6.42 Å². The normalized spacial score (nSPS) is 14.2. The highest BCUT2D eigenvalue weighted by Gasteiger charge is 2.18. The topological polar surface area (TPSA) is 61.8 Å². The van der Waals surface area contributed by atoms with E-state index in [0.29, 0.717) is 0 Å². The lowest BCUT2D eigenvalue weighted by Gasteiger charge is -2.15. The van der Waals surface area contributed by atoms with E-state index in [0.717, 1.165) is 24.6 Å². The predicted molar refractivity (Wildman–Crippen MR) is 93.7 cm³/mol. The maximum Gasteiger partial charge on any atom is 0.251 e. The molecule has 6 heteroatoms. The first-order valence-corrected chi connectivity index (χ1v) is 8.13. The SMILES string of the molecule is COc1ccc(C(=O)NC[C@H](O)c2ccc3c(c2)CCN3C)cc1F. The van der Waals surface area contributed by atoms with Crippen molar-refractivity contribution in [3.63, 3.8) is 0 Å². The van der Waals surface area contributed by atoms with Crippen LogP contribution >= 0.6 is 0 Å². The number of halogens is 1. The summed E-state index contributed by atoms with van der Waals surface area (Å²) in [7, 11) is 3.40. The van der Waals surface area contributed by atoms with Gasteiger partial charge in [-0.15, -0.1) is 0 Å². The summed E-state index contributed by atoms with van der Waals surface area (Å²) in [5, 5.41) is 13.0. The molecule has 0 saturated heterocycles. The summed E-state index contributed by atoms with van der Waals surface area (Å²) in [5.74, 6) is -0.959. The average molecular weight is 344 g/mol. The minimum atomic E-state index is -0.816. The Labute approximate surface area is 146 Å². The largest absolute Gasteiger partial charge is 0.494 e. The van der Waals surface area contributed by atoms with E-state index < -0.39 is 17.8 Å². The van der Waals surface area contributed by atoms with E-state index >= 15 is 0 Å². The number of anilines is 1. The van der Waals surface area contributed by atoms with Gasteiger partial charge in [0.15, 0.2) is 11.6 Å². The van der Waals surface area contributed by atoms with Gasteiger partial charge in [-0.25, -0.2) is 4.39 Å². The van der Waals surface area contributed by atoms with E-state index in [9.17, 15) is 14.3 Å². The van der Waals surface area contributed by atoms with Crippen molar-refractivity contribution < 1.29 is 19.0 Å². The van der Waals surface area contributed by atoms with Crippen LogP contribution in [0, 0.1) is 5.82 Å². The van der Waals surface area contributed by atoms with Gasteiger partial charge in [0.1, 0.15) is 0 Å². The lowest BCUT2D eigenvalue weighted by molar-refractivity contribution is 0.0916. The van der Waals surface area contributed by atoms with Gasteiger partial charge < -0.3 is 20.1 Å². The number of carbonyl (C=O) groups is 1. The standard InChI is InChI=1S/C19H21FN2O3/c1-22-8-7-12-9-13(3-5-16(12)22)17(23)11-21-19(24)14-4-6-18(25-2)15(20)10-14/h3-6,9-10,17,23H,7-8,11H2,1-2H3,(H,21,24)/t17-/m0/s1. The van der Waals surface area contributed by atoms with Crippen LogP contribution in [0.5, 0.6) is 5.75 Å². The Morgan fingerprint density at radius 3 is 2.88 bits per heavy atom. The Kier molecular flexibility index (Phi) is 4.90. The van der Waals surface area contributed by atoms with Crippen molar-refractivity contribution in [2.75, 3.05) is 32.1 Å². The molecule has 0 spiro atoms. The Morgan fingerprint density at radius 2 is 2.16 bits per heavy atom. The first kappa shape index (κ1) is 17.2. The number of carbonyl (C=O) groups excluding carboxylic acids is 1. The molecular weight excluding hydrogens is 323 g/mol. The molecule has 1 heterocycles. The molecule has 132 valence electrons. The molecule has 1 aliphatic rings. The molecule has 3 rings (SSSR count). The maximum absolute atomic E-state index is 13.7. The monoisotopic (exact) mass is 344 g/mol. The third-order valence-corrected chi connectivity index (χ3v) is 4.49. The number of amides is 1. The molecule has 1 aliphatic heterocycles. The molecule has 2 N–H and O–H groups in total. The first-order valence-electron chi connectivity index (χ1n) is 8.13. The number of fused-ring (bicyclic) bond motifs is 1. The highest BCUT2D eigenvalue weighted by molar-refractivity contribution is 5.94. The van der Waals surface area contributed by atoms with Gasteiger partial charge in [0.05, 0.1) is 13.2 Å². The van der Waals surface area contributed by atoms with E-state index in [1.165, 1.54) is 30.5 Å². The van der Waals surface area contributed by atoms with Crippen molar-refractivity contribution in [2.24, 2.45) is 0 Å². The summed E-state index contributed by atoms with van der Waals surface area (Å²) < 4.78 is 18.5. The number of aliphatic hydroxyl groups excluding tert-OH is 1. The number of aliphatic hydroxyl groups is 1. The summed E-state index contributed by atoms with van der Waals surface area (Å²) in [4.78, 5) is 14.3. The summed E-state index contributed by atoms with van der Waals surface area (Å²) in [6, 6.07) is 9.83. The zero-order chi connectivity index (χ0) is 18.0. The number of hydrogen-bond acceptors (Lipinski definition) is 4. The fraction of sp³-hybridized carbons (Fsp3) is 0.316. The molecular formula is C19H21FN2O3. The molecule has 1 amide bonds. The molecule has 5 nitrogen and oxygen atoms in total. The molecule has 0 bridgehead atoms. The molecule has 0 unspecified atom stereocenters. The minimum absolute atomic E-state index is 0.0567. The number of ether oxygens (including phenoxy) is 1. The maximum atomic E-state index is 13.7. The summed E-state index contributed by atoms with van der Waals surface area (Å²) in [6.07, 6.45) is 0.132. The van der Waals surface area contributed by atoms with Gasteiger partial charge in [-0.3, -0.25) is 4.79 Å². The lowest BCUT2D eigenvalue weighted by atomic mass is 10.0. The number of likely N-dealkylation sites (N-methyl/N-ethyl adjacent to an activating group) is 1. The number of hydrogen-bond donors (Lipinski definition) is 2. The van der Waals surface area contributed by atoms with Crippen molar-refractivity contribution in [3.8, 4) is 5.75 Å². The van der Waals surface area contributed by atoms with Gasteiger partial charge in [0, 0.05) is 31.4 Å². The average Bonchev–Trinajstić information content (AvgIpc) is 2.99. The van der Waals surface area contributed by atoms with Crippen molar-refractivity contribution >= 4 is 11.6 Å². The van der Waals surface area contributed by atoms with Crippen molar-refractivity contribution in [2.45, 2.75) is 12.5 Å². The summed E-state index contributed by atoms with van der Waals surface area (Å²) in [6.45, 7) is 1.02. The molecule has 25 heavy (non-hydrogen) atoms. The molecule has 1 atom stereocenters. The van der Waals surface area contributed by atoms with Crippen LogP contribution in [-0.4, -0.2) is 38.3 Å². The second-order valence-corrected chi connectivity index (χ2v) is 6.13. The van der Waals surface area contributed by atoms with Crippen LogP contribution in [0.4, 0.5) is 10.1 Å². The lowest BCUT2D eigenvalue weighted by Crippen LogP contribution is -2.28. The van der Waals surface area contributed by atoms with Crippen LogP contribution < -0.4 is 15.0 Å². The fourth-order valence-electron chi connectivity index (χ4n) is 3.01. The van der Waals surface area contributed by atoms with Crippen LogP contribution in [0.3, 0.4) is 0 Å². The zero-order valence-corrected chi connectivity index (χ0v) is 14.3. The van der Waals surface area contributed by atoms with Gasteiger partial charge in [0.25, 0.3) is 5.91 Å². The number of methoxy groups -OCH3 is 1. The van der Waals surface area contributed by atoms with Gasteiger partial charge in [-0.2, -0.15) is 0 Å². The Morgan fingerprint density at radius 1 is 1.36 bits per heavy atom. The summed E-state index contributed by atoms with van der Waals surface area (Å²) >= 11 is 0. The van der Waals surface area contributed by atoms with Crippen molar-refractivity contribution in [3.05, 3.63) is 58.9 Å². The van der Waals surface area contributed by atoms with Gasteiger partial charge in [-0.05, 0) is 41.8 Å². The molecule has 2 aromatic carbocycles. The smallest absolute Gasteiger partial charge is 0.251 e. The third-order valence-electron chi connectivity index (χ3n) is 4.49. The number of nitrogens with zero attached hydrogens (tertiary/aromatic N) is 1. The second kappa shape index (κ2) is 7.11. The highest BCUT2D eigenvalue weighted by atomic mass is 19.1. The molecule has 0 fully saturated rings. The van der Waals surface area contributed by atoms with E-state index in [2.05, 4.69) is 10.2 Å². The van der Waals surface area contributed by atoms with E-state index in [1.807, 2.05) is 25.2 Å². The Balaban J connectivity index is 1.63. The summed E-state index contributed by atoms with van der Waals surface area (Å²) in [5.41, 5.74) is 3.31. The van der Waals surface area contributed by atoms with Gasteiger partial charge in [0.2, 0.25) is 0 Å². The third kappa shape index (κ3) is 3.58. The predicted octanol–water partition coefficient (Wildman–Crippen LogP) is 2.29. The zero-order valence-electron chi connectivity index (χ0n) is 14.3. The highest BCUT2D eigenvalue weighted by Crippen LogP contribution is 2.29. The first-order chi connectivity index (χ1) is 12.0. The molecule has 0 aliphatic carbocycles. The van der Waals surface area contributed by atoms with Gasteiger partial charge in [-0.1, -0.05) is 12.1 Å². The molecule has 0 saturated carbocycles. The van der Waals surface area contributed by atoms with Crippen LogP contribution in [0.1, 0.15) is 27.6 Å². The van der Waals surface area contributed by atoms with Crippen molar-refractivity contribution in [1.82, 2.24) is 5.32 Å². The van der Waals surface area contributed by atoms with Crippen LogP contribution in [0.2, 0.25) is 0 Å². The van der Waals surface area contributed by atoms with E-state index in [1.54, 1.807) is 0 Å². The minimum Gasteiger partial charge on any atom is -0.494 e. The van der Waals surface area contributed by atoms with Crippen LogP contribution in [0.15, 0.2) is 36.4 Å². The number of nitrogens with one attached hydrogen (secondary N) is 1. The molecule has 0 radical (unpaired) electrons. The van der Waals surface area contributed by atoms with E-state index in [4.69, 9.17) is 4.74 Å². The number of benzene rings is 2. The quantitative estimate of drug-likeness (QED) is 0.874. The second-order valence-electron chi connectivity index (χ2n) is 6.13. The number of rotatable bonds is 5. The van der Waals surface area contributed by atoms with Gasteiger partial charge >= 0.3 is 0 Å². The fourth-order valence-corrected chi connectivity index (χ4v) is 3.01. The molecule has 2 aromatic rings.